The van der Waals surface area contributed by atoms with Crippen LogP contribution < -0.4 is 0 Å². The number of imidazole rings is 1. The van der Waals surface area contributed by atoms with E-state index >= 15 is 0 Å². The van der Waals surface area contributed by atoms with Gasteiger partial charge in [-0.3, -0.25) is 9.78 Å². The molecule has 2 heterocycles. The maximum atomic E-state index is 11.9. The summed E-state index contributed by atoms with van der Waals surface area (Å²) in [7, 11) is 1.96. The number of rotatable bonds is 3. The Morgan fingerprint density at radius 3 is 2.67 bits per heavy atom. The first-order chi connectivity index (χ1) is 10.1. The molecule has 0 radical (unpaired) electrons. The largest absolute Gasteiger partial charge is 0.481 e. The number of fused-ring (bicyclic) bond motifs is 1. The van der Waals surface area contributed by atoms with E-state index in [1.807, 2.05) is 17.7 Å². The maximum absolute atomic E-state index is 11.9. The molecular formula is C16H21N3O2. The Kier molecular flexibility index (Phi) is 3.66. The molecule has 5 nitrogen and oxygen atoms in total. The molecule has 1 N–H and O–H groups in total. The van der Waals surface area contributed by atoms with Crippen molar-refractivity contribution in [3.05, 3.63) is 24.3 Å². The van der Waals surface area contributed by atoms with E-state index < -0.39 is 11.4 Å². The number of hydrogen-bond acceptors (Lipinski definition) is 3. The Hall–Kier alpha value is -1.91. The van der Waals surface area contributed by atoms with E-state index in [1.165, 1.54) is 0 Å². The number of aliphatic carboxylic acids is 1. The second-order valence-electron chi connectivity index (χ2n) is 6.13. The van der Waals surface area contributed by atoms with Crippen LogP contribution in [0.3, 0.4) is 0 Å². The van der Waals surface area contributed by atoms with Crippen LogP contribution in [0.25, 0.3) is 11.0 Å². The molecule has 5 heteroatoms. The van der Waals surface area contributed by atoms with E-state index in [0.29, 0.717) is 6.42 Å². The minimum Gasteiger partial charge on any atom is -0.481 e. The molecule has 0 spiro atoms. The minimum atomic E-state index is -0.672. The van der Waals surface area contributed by atoms with Gasteiger partial charge in [0.1, 0.15) is 11.3 Å². The fourth-order valence-corrected chi connectivity index (χ4v) is 3.43. The summed E-state index contributed by atoms with van der Waals surface area (Å²) in [5.74, 6) is 0.178. The Labute approximate surface area is 124 Å². The fraction of sp³-hybridized carbons (Fsp3) is 0.562. The molecule has 0 saturated heterocycles. The van der Waals surface area contributed by atoms with E-state index in [9.17, 15) is 9.90 Å². The predicted molar refractivity (Wildman–Crippen MR) is 80.0 cm³/mol. The normalized spacial score (nSPS) is 18.5. The molecule has 112 valence electrons. The molecule has 0 bridgehead atoms. The Morgan fingerprint density at radius 1 is 1.33 bits per heavy atom. The van der Waals surface area contributed by atoms with Crippen LogP contribution in [0, 0.1) is 5.41 Å². The third-order valence-corrected chi connectivity index (χ3v) is 4.79. The van der Waals surface area contributed by atoms with Gasteiger partial charge in [0, 0.05) is 19.7 Å². The highest BCUT2D eigenvalue weighted by molar-refractivity contribution is 5.77. The van der Waals surface area contributed by atoms with Crippen molar-refractivity contribution in [2.75, 3.05) is 0 Å². The van der Waals surface area contributed by atoms with Crippen LogP contribution in [-0.2, 0) is 18.3 Å². The molecule has 0 aliphatic heterocycles. The van der Waals surface area contributed by atoms with Crippen molar-refractivity contribution < 1.29 is 9.90 Å². The summed E-state index contributed by atoms with van der Waals surface area (Å²) in [5, 5.41) is 9.79. The number of carbonyl (C=O) groups is 1. The Bertz CT molecular complexity index is 655. The first-order valence-electron chi connectivity index (χ1n) is 7.61. The fourth-order valence-electron chi connectivity index (χ4n) is 3.43. The predicted octanol–water partition coefficient (Wildman–Crippen LogP) is 2.94. The number of carboxylic acid groups (broad SMARTS) is 1. The van der Waals surface area contributed by atoms with Crippen LogP contribution in [0.15, 0.2) is 18.5 Å². The summed E-state index contributed by atoms with van der Waals surface area (Å²) in [5.41, 5.74) is 1.19. The molecule has 3 rings (SSSR count). The molecule has 21 heavy (non-hydrogen) atoms. The summed E-state index contributed by atoms with van der Waals surface area (Å²) in [6, 6.07) is 1.92. The number of aryl methyl sites for hydroxylation is 1. The summed E-state index contributed by atoms with van der Waals surface area (Å²) < 4.78 is 2.01. The standard InChI is InChI=1S/C16H21N3O2/c1-19-13-6-9-17-11-12(13)18-14(19)10-16(15(20)21)7-4-2-3-5-8-16/h6,9,11H,2-5,7-8,10H2,1H3,(H,20,21). The highest BCUT2D eigenvalue weighted by Gasteiger charge is 2.40. The lowest BCUT2D eigenvalue weighted by atomic mass is 9.77. The van der Waals surface area contributed by atoms with Crippen molar-refractivity contribution in [2.24, 2.45) is 12.5 Å². The molecule has 0 atom stereocenters. The third kappa shape index (κ3) is 2.52. The second-order valence-corrected chi connectivity index (χ2v) is 6.13. The van der Waals surface area contributed by atoms with Gasteiger partial charge in [-0.15, -0.1) is 0 Å². The first kappa shape index (κ1) is 14.0. The van der Waals surface area contributed by atoms with E-state index in [0.717, 1.165) is 55.4 Å². The monoisotopic (exact) mass is 287 g/mol. The van der Waals surface area contributed by atoms with Crippen molar-refractivity contribution in [1.82, 2.24) is 14.5 Å². The summed E-state index contributed by atoms with van der Waals surface area (Å²) >= 11 is 0. The van der Waals surface area contributed by atoms with Crippen LogP contribution in [0.4, 0.5) is 0 Å². The van der Waals surface area contributed by atoms with Crippen LogP contribution in [0.5, 0.6) is 0 Å². The van der Waals surface area contributed by atoms with Crippen molar-refractivity contribution in [2.45, 2.75) is 44.9 Å². The Balaban J connectivity index is 1.97. The molecule has 0 unspecified atom stereocenters. The average molecular weight is 287 g/mol. The number of aromatic nitrogens is 3. The van der Waals surface area contributed by atoms with Gasteiger partial charge in [0.2, 0.25) is 0 Å². The number of pyridine rings is 1. The van der Waals surface area contributed by atoms with Crippen LogP contribution in [0.1, 0.15) is 44.3 Å². The second kappa shape index (κ2) is 5.47. The van der Waals surface area contributed by atoms with Crippen molar-refractivity contribution in [3.8, 4) is 0 Å². The molecule has 1 aliphatic carbocycles. The molecule has 2 aromatic heterocycles. The van der Waals surface area contributed by atoms with Gasteiger partial charge in [-0.2, -0.15) is 0 Å². The van der Waals surface area contributed by atoms with E-state index in [-0.39, 0.29) is 0 Å². The summed E-state index contributed by atoms with van der Waals surface area (Å²) in [6.07, 6.45) is 9.77. The van der Waals surface area contributed by atoms with Crippen molar-refractivity contribution >= 4 is 17.0 Å². The highest BCUT2D eigenvalue weighted by atomic mass is 16.4. The van der Waals surface area contributed by atoms with Crippen LogP contribution >= 0.6 is 0 Å². The minimum absolute atomic E-state index is 0.507. The Morgan fingerprint density at radius 2 is 2.05 bits per heavy atom. The van der Waals surface area contributed by atoms with Crippen molar-refractivity contribution in [3.63, 3.8) is 0 Å². The van der Waals surface area contributed by atoms with Gasteiger partial charge < -0.3 is 9.67 Å². The first-order valence-corrected chi connectivity index (χ1v) is 7.61. The molecule has 1 aliphatic rings. The lowest BCUT2D eigenvalue weighted by Crippen LogP contribution is -2.33. The molecular weight excluding hydrogens is 266 g/mol. The van der Waals surface area contributed by atoms with E-state index in [2.05, 4.69) is 9.97 Å². The molecule has 1 saturated carbocycles. The van der Waals surface area contributed by atoms with Crippen LogP contribution in [-0.4, -0.2) is 25.6 Å². The van der Waals surface area contributed by atoms with Gasteiger partial charge in [0.15, 0.2) is 0 Å². The maximum Gasteiger partial charge on any atom is 0.310 e. The van der Waals surface area contributed by atoms with Gasteiger partial charge in [0.05, 0.1) is 17.1 Å². The third-order valence-electron chi connectivity index (χ3n) is 4.79. The van der Waals surface area contributed by atoms with Gasteiger partial charge in [-0.1, -0.05) is 25.7 Å². The molecule has 1 fully saturated rings. The highest BCUT2D eigenvalue weighted by Crippen LogP contribution is 2.38. The zero-order valence-electron chi connectivity index (χ0n) is 12.4. The summed E-state index contributed by atoms with van der Waals surface area (Å²) in [6.45, 7) is 0. The van der Waals surface area contributed by atoms with Gasteiger partial charge in [0.25, 0.3) is 0 Å². The molecule has 2 aromatic rings. The zero-order chi connectivity index (χ0) is 14.9. The van der Waals surface area contributed by atoms with Crippen molar-refractivity contribution in [1.29, 1.82) is 0 Å². The van der Waals surface area contributed by atoms with E-state index in [4.69, 9.17) is 0 Å². The molecule has 0 amide bonds. The number of hydrogen-bond donors (Lipinski definition) is 1. The summed E-state index contributed by atoms with van der Waals surface area (Å²) in [4.78, 5) is 20.6. The lowest BCUT2D eigenvalue weighted by Gasteiger charge is -2.27. The quantitative estimate of drug-likeness (QED) is 0.881. The topological polar surface area (TPSA) is 68.0 Å². The molecule has 0 aromatic carbocycles. The SMILES string of the molecule is Cn1c(CC2(C(=O)O)CCCCCC2)nc2cnccc21. The van der Waals surface area contributed by atoms with Gasteiger partial charge in [-0.05, 0) is 18.9 Å². The smallest absolute Gasteiger partial charge is 0.310 e. The number of carboxylic acids is 1. The van der Waals surface area contributed by atoms with Gasteiger partial charge in [-0.25, -0.2) is 4.98 Å². The lowest BCUT2D eigenvalue weighted by molar-refractivity contribution is -0.150. The zero-order valence-corrected chi connectivity index (χ0v) is 12.4. The van der Waals surface area contributed by atoms with E-state index in [1.54, 1.807) is 12.4 Å². The van der Waals surface area contributed by atoms with Gasteiger partial charge >= 0.3 is 5.97 Å². The average Bonchev–Trinajstić information content (AvgIpc) is 2.66. The van der Waals surface area contributed by atoms with Crippen LogP contribution in [0.2, 0.25) is 0 Å². The number of nitrogens with zero attached hydrogens (tertiary/aromatic N) is 3.